The summed E-state index contributed by atoms with van der Waals surface area (Å²) < 4.78 is 11.1. The fraction of sp³-hybridized carbons (Fsp3) is 0.692. The maximum absolute atomic E-state index is 5.63. The molecule has 92 valence electrons. The molecule has 3 heteroatoms. The van der Waals surface area contributed by atoms with Gasteiger partial charge in [0, 0.05) is 0 Å². The second kappa shape index (κ2) is 6.71. The quantitative estimate of drug-likeness (QED) is 0.774. The molecule has 0 fully saturated rings. The minimum Gasteiger partial charge on any atom is -0.462 e. The second-order valence-electron chi connectivity index (χ2n) is 4.75. The molecule has 0 spiro atoms. The number of ether oxygens (including phenoxy) is 1. The van der Waals surface area contributed by atoms with Crippen LogP contribution in [0.15, 0.2) is 16.5 Å². The van der Waals surface area contributed by atoms with E-state index in [9.17, 15) is 0 Å². The Morgan fingerprint density at radius 2 is 1.88 bits per heavy atom. The lowest BCUT2D eigenvalue weighted by molar-refractivity contribution is 0.0538. The third-order valence-electron chi connectivity index (χ3n) is 2.13. The fourth-order valence-corrected chi connectivity index (χ4v) is 1.33. The van der Waals surface area contributed by atoms with Gasteiger partial charge in [0.05, 0.1) is 12.6 Å². The first-order valence-electron chi connectivity index (χ1n) is 5.98. The molecule has 3 nitrogen and oxygen atoms in total. The maximum atomic E-state index is 5.63. The Hall–Kier alpha value is -0.800. The van der Waals surface area contributed by atoms with Crippen LogP contribution in [0.5, 0.6) is 0 Å². The predicted molar refractivity (Wildman–Crippen MR) is 65.2 cm³/mol. The maximum Gasteiger partial charge on any atom is 0.129 e. The van der Waals surface area contributed by atoms with Crippen LogP contribution in [-0.4, -0.2) is 12.6 Å². The molecule has 16 heavy (non-hydrogen) atoms. The zero-order chi connectivity index (χ0) is 12.0. The molecule has 0 aromatic carbocycles. The molecule has 0 bridgehead atoms. The summed E-state index contributed by atoms with van der Waals surface area (Å²) in [6.07, 6.45) is 0.243. The van der Waals surface area contributed by atoms with Gasteiger partial charge in [0.15, 0.2) is 0 Å². The number of rotatable bonds is 7. The van der Waals surface area contributed by atoms with Gasteiger partial charge < -0.3 is 14.5 Å². The van der Waals surface area contributed by atoms with Crippen molar-refractivity contribution in [3.63, 3.8) is 0 Å². The summed E-state index contributed by atoms with van der Waals surface area (Å²) in [5, 5.41) is 3.34. The van der Waals surface area contributed by atoms with Crippen molar-refractivity contribution in [2.45, 2.75) is 47.0 Å². The lowest BCUT2D eigenvalue weighted by Gasteiger charge is -2.06. The fourth-order valence-electron chi connectivity index (χ4n) is 1.33. The minimum absolute atomic E-state index is 0.243. The van der Waals surface area contributed by atoms with Crippen LogP contribution in [0.4, 0.5) is 0 Å². The van der Waals surface area contributed by atoms with E-state index in [2.05, 4.69) is 19.2 Å². The van der Waals surface area contributed by atoms with Gasteiger partial charge in [-0.2, -0.15) is 0 Å². The van der Waals surface area contributed by atoms with Crippen molar-refractivity contribution < 1.29 is 9.15 Å². The highest BCUT2D eigenvalue weighted by molar-refractivity contribution is 5.06. The van der Waals surface area contributed by atoms with Gasteiger partial charge >= 0.3 is 0 Å². The van der Waals surface area contributed by atoms with Gasteiger partial charge in [0.2, 0.25) is 0 Å². The summed E-state index contributed by atoms with van der Waals surface area (Å²) in [5.41, 5.74) is 0. The Morgan fingerprint density at radius 3 is 2.50 bits per heavy atom. The van der Waals surface area contributed by atoms with Crippen LogP contribution in [-0.2, 0) is 17.9 Å². The van der Waals surface area contributed by atoms with Crippen LogP contribution < -0.4 is 5.32 Å². The van der Waals surface area contributed by atoms with Crippen molar-refractivity contribution in [2.24, 2.45) is 5.92 Å². The van der Waals surface area contributed by atoms with Gasteiger partial charge in [0.25, 0.3) is 0 Å². The van der Waals surface area contributed by atoms with E-state index in [4.69, 9.17) is 9.15 Å². The molecule has 1 N–H and O–H groups in total. The molecule has 0 aliphatic rings. The smallest absolute Gasteiger partial charge is 0.129 e. The Bertz CT molecular complexity index is 292. The van der Waals surface area contributed by atoms with E-state index in [1.807, 2.05) is 26.0 Å². The van der Waals surface area contributed by atoms with E-state index < -0.39 is 0 Å². The lowest BCUT2D eigenvalue weighted by Crippen LogP contribution is -2.18. The van der Waals surface area contributed by atoms with Crippen molar-refractivity contribution in [3.8, 4) is 0 Å². The first-order chi connectivity index (χ1) is 7.58. The van der Waals surface area contributed by atoms with E-state index in [1.165, 1.54) is 0 Å². The summed E-state index contributed by atoms with van der Waals surface area (Å²) >= 11 is 0. The third-order valence-corrected chi connectivity index (χ3v) is 2.13. The van der Waals surface area contributed by atoms with Crippen LogP contribution >= 0.6 is 0 Å². The van der Waals surface area contributed by atoms with Gasteiger partial charge in [0.1, 0.15) is 18.1 Å². The number of nitrogens with one attached hydrogen (secondary N) is 1. The molecule has 0 saturated heterocycles. The number of hydrogen-bond acceptors (Lipinski definition) is 3. The number of furan rings is 1. The standard InChI is InChI=1S/C13H23NO2/c1-10(2)7-14-8-12-5-6-13(16-12)9-15-11(3)4/h5-6,10-11,14H,7-9H2,1-4H3. The molecule has 0 unspecified atom stereocenters. The first kappa shape index (κ1) is 13.3. The zero-order valence-electron chi connectivity index (χ0n) is 10.7. The van der Waals surface area contributed by atoms with Crippen molar-refractivity contribution >= 4 is 0 Å². The second-order valence-corrected chi connectivity index (χ2v) is 4.75. The van der Waals surface area contributed by atoms with Crippen LogP contribution in [0.2, 0.25) is 0 Å². The van der Waals surface area contributed by atoms with Crippen molar-refractivity contribution in [2.75, 3.05) is 6.54 Å². The van der Waals surface area contributed by atoms with Gasteiger partial charge in [-0.3, -0.25) is 0 Å². The normalized spacial score (nSPS) is 11.6. The highest BCUT2D eigenvalue weighted by atomic mass is 16.5. The van der Waals surface area contributed by atoms with Gasteiger partial charge in [-0.1, -0.05) is 13.8 Å². The Morgan fingerprint density at radius 1 is 1.19 bits per heavy atom. The largest absolute Gasteiger partial charge is 0.462 e. The average molecular weight is 225 g/mol. The molecular formula is C13H23NO2. The van der Waals surface area contributed by atoms with Gasteiger partial charge in [-0.15, -0.1) is 0 Å². The third kappa shape index (κ3) is 5.33. The van der Waals surface area contributed by atoms with E-state index in [1.54, 1.807) is 0 Å². The van der Waals surface area contributed by atoms with E-state index in [0.29, 0.717) is 12.5 Å². The molecule has 1 rings (SSSR count). The Labute approximate surface area is 98.2 Å². The van der Waals surface area contributed by atoms with Gasteiger partial charge in [-0.05, 0) is 38.4 Å². The predicted octanol–water partition coefficient (Wildman–Crippen LogP) is 2.95. The molecule has 0 atom stereocenters. The summed E-state index contributed by atoms with van der Waals surface area (Å²) in [5.74, 6) is 2.54. The van der Waals surface area contributed by atoms with E-state index in [0.717, 1.165) is 24.6 Å². The summed E-state index contributed by atoms with van der Waals surface area (Å²) in [7, 11) is 0. The van der Waals surface area contributed by atoms with Crippen molar-refractivity contribution in [1.82, 2.24) is 5.32 Å². The monoisotopic (exact) mass is 225 g/mol. The topological polar surface area (TPSA) is 34.4 Å². The molecule has 0 saturated carbocycles. The molecule has 1 heterocycles. The molecular weight excluding hydrogens is 202 g/mol. The summed E-state index contributed by atoms with van der Waals surface area (Å²) in [6.45, 7) is 10.8. The Kier molecular flexibility index (Phi) is 5.56. The van der Waals surface area contributed by atoms with Crippen molar-refractivity contribution in [3.05, 3.63) is 23.7 Å². The minimum atomic E-state index is 0.243. The molecule has 0 radical (unpaired) electrons. The average Bonchev–Trinajstić information content (AvgIpc) is 2.62. The molecule has 1 aromatic rings. The SMILES string of the molecule is CC(C)CNCc1ccc(COC(C)C)o1. The number of hydrogen-bond donors (Lipinski definition) is 1. The van der Waals surface area contributed by atoms with Crippen LogP contribution in [0.1, 0.15) is 39.2 Å². The van der Waals surface area contributed by atoms with Crippen molar-refractivity contribution in [1.29, 1.82) is 0 Å². The summed E-state index contributed by atoms with van der Waals surface area (Å²) in [4.78, 5) is 0. The zero-order valence-corrected chi connectivity index (χ0v) is 10.7. The molecule has 1 aromatic heterocycles. The summed E-state index contributed by atoms with van der Waals surface area (Å²) in [6, 6.07) is 3.99. The molecule has 0 aliphatic heterocycles. The molecule has 0 aliphatic carbocycles. The van der Waals surface area contributed by atoms with Crippen LogP contribution in [0.25, 0.3) is 0 Å². The molecule has 0 amide bonds. The van der Waals surface area contributed by atoms with Crippen LogP contribution in [0.3, 0.4) is 0 Å². The first-order valence-corrected chi connectivity index (χ1v) is 5.98. The van der Waals surface area contributed by atoms with E-state index >= 15 is 0 Å². The van der Waals surface area contributed by atoms with Gasteiger partial charge in [-0.25, -0.2) is 0 Å². The highest BCUT2D eigenvalue weighted by Crippen LogP contribution is 2.10. The Balaban J connectivity index is 2.28. The van der Waals surface area contributed by atoms with E-state index in [-0.39, 0.29) is 6.10 Å². The van der Waals surface area contributed by atoms with Crippen LogP contribution in [0, 0.1) is 5.92 Å². The lowest BCUT2D eigenvalue weighted by atomic mass is 10.2. The highest BCUT2D eigenvalue weighted by Gasteiger charge is 2.03.